The monoisotopic (exact) mass is 236 g/mol. The predicted octanol–water partition coefficient (Wildman–Crippen LogP) is 1.63. The molecule has 1 amide bonds. The lowest BCUT2D eigenvalue weighted by molar-refractivity contribution is 0.0953. The number of nitrogens with two attached hydrogens (primary N) is 1. The number of pyridine rings is 1. The lowest BCUT2D eigenvalue weighted by Gasteiger charge is -2.10. The fraction of sp³-hybridized carbons (Fsp3) is 0.500. The molecule has 94 valence electrons. The van der Waals surface area contributed by atoms with Crippen LogP contribution < -0.4 is 16.6 Å². The highest BCUT2D eigenvalue weighted by Crippen LogP contribution is 2.17. The summed E-state index contributed by atoms with van der Waals surface area (Å²) in [6.45, 7) is 6.73. The fourth-order valence-corrected chi connectivity index (χ4v) is 1.39. The summed E-state index contributed by atoms with van der Waals surface area (Å²) in [6.07, 6.45) is 0.913. The van der Waals surface area contributed by atoms with E-state index >= 15 is 0 Å². The van der Waals surface area contributed by atoms with E-state index in [0.29, 0.717) is 17.9 Å². The van der Waals surface area contributed by atoms with Crippen LogP contribution in [0.1, 0.15) is 49.2 Å². The number of hydrogen-bond donors (Lipinski definition) is 3. The Bertz CT molecular complexity index is 390. The molecule has 0 radical (unpaired) electrons. The summed E-state index contributed by atoms with van der Waals surface area (Å²) in [5, 5.41) is 2.83. The van der Waals surface area contributed by atoms with Gasteiger partial charge in [0, 0.05) is 17.8 Å². The lowest BCUT2D eigenvalue weighted by Crippen LogP contribution is -2.24. The van der Waals surface area contributed by atoms with E-state index < -0.39 is 0 Å². The van der Waals surface area contributed by atoms with E-state index in [1.165, 1.54) is 0 Å². The maximum absolute atomic E-state index is 11.8. The molecule has 0 bridgehead atoms. The zero-order valence-corrected chi connectivity index (χ0v) is 10.6. The summed E-state index contributed by atoms with van der Waals surface area (Å²) in [5.74, 6) is 6.02. The average molecular weight is 236 g/mol. The van der Waals surface area contributed by atoms with Crippen molar-refractivity contribution in [3.63, 3.8) is 0 Å². The van der Waals surface area contributed by atoms with Crippen molar-refractivity contribution < 1.29 is 4.79 Å². The standard InChI is InChI=1S/C12H20N4O/c1-4-5-14-12(17)9-6-10(8(2)3)15-11(7-9)16-13/h6-8H,4-5,13H2,1-3H3,(H,14,17)(H,15,16). The van der Waals surface area contributed by atoms with Crippen LogP contribution in [-0.2, 0) is 0 Å². The largest absolute Gasteiger partial charge is 0.352 e. The van der Waals surface area contributed by atoms with Gasteiger partial charge in [0.2, 0.25) is 0 Å². The van der Waals surface area contributed by atoms with E-state index in [-0.39, 0.29) is 11.8 Å². The molecular weight excluding hydrogens is 216 g/mol. The minimum Gasteiger partial charge on any atom is -0.352 e. The quantitative estimate of drug-likeness (QED) is 0.536. The molecular formula is C12H20N4O. The molecule has 5 nitrogen and oxygen atoms in total. The van der Waals surface area contributed by atoms with Crippen LogP contribution in [0, 0.1) is 0 Å². The molecule has 4 N–H and O–H groups in total. The van der Waals surface area contributed by atoms with Gasteiger partial charge in [-0.15, -0.1) is 0 Å². The molecule has 0 saturated heterocycles. The fourth-order valence-electron chi connectivity index (χ4n) is 1.39. The maximum Gasteiger partial charge on any atom is 0.251 e. The van der Waals surface area contributed by atoms with Crippen molar-refractivity contribution in [3.8, 4) is 0 Å². The summed E-state index contributed by atoms with van der Waals surface area (Å²) < 4.78 is 0. The Hall–Kier alpha value is -1.62. The topological polar surface area (TPSA) is 80.0 Å². The highest BCUT2D eigenvalue weighted by Gasteiger charge is 2.10. The first-order chi connectivity index (χ1) is 8.08. The molecule has 0 aliphatic carbocycles. The Balaban J connectivity index is 2.98. The summed E-state index contributed by atoms with van der Waals surface area (Å²) in [6, 6.07) is 3.45. The van der Waals surface area contributed by atoms with Crippen molar-refractivity contribution in [1.29, 1.82) is 0 Å². The Labute approximate surface area is 102 Å². The van der Waals surface area contributed by atoms with Crippen molar-refractivity contribution in [2.75, 3.05) is 12.0 Å². The van der Waals surface area contributed by atoms with Gasteiger partial charge in [-0.1, -0.05) is 20.8 Å². The number of carbonyl (C=O) groups is 1. The van der Waals surface area contributed by atoms with Crippen LogP contribution in [0.3, 0.4) is 0 Å². The Morgan fingerprint density at radius 2 is 2.18 bits per heavy atom. The number of nitrogen functional groups attached to an aromatic ring is 1. The highest BCUT2D eigenvalue weighted by molar-refractivity contribution is 5.95. The van der Waals surface area contributed by atoms with Crippen molar-refractivity contribution in [1.82, 2.24) is 10.3 Å². The van der Waals surface area contributed by atoms with Gasteiger partial charge in [-0.3, -0.25) is 4.79 Å². The summed E-state index contributed by atoms with van der Waals surface area (Å²) >= 11 is 0. The second kappa shape index (κ2) is 6.20. The van der Waals surface area contributed by atoms with E-state index in [4.69, 9.17) is 5.84 Å². The van der Waals surface area contributed by atoms with Crippen LogP contribution >= 0.6 is 0 Å². The number of nitrogens with zero attached hydrogens (tertiary/aromatic N) is 1. The number of nitrogens with one attached hydrogen (secondary N) is 2. The van der Waals surface area contributed by atoms with Crippen LogP contribution in [0.25, 0.3) is 0 Å². The van der Waals surface area contributed by atoms with Crippen LogP contribution in [0.4, 0.5) is 5.82 Å². The van der Waals surface area contributed by atoms with Gasteiger partial charge in [-0.2, -0.15) is 0 Å². The van der Waals surface area contributed by atoms with Gasteiger partial charge in [-0.05, 0) is 24.5 Å². The lowest BCUT2D eigenvalue weighted by atomic mass is 10.1. The first-order valence-corrected chi connectivity index (χ1v) is 5.85. The van der Waals surface area contributed by atoms with E-state index in [0.717, 1.165) is 12.1 Å². The number of hydrogen-bond acceptors (Lipinski definition) is 4. The van der Waals surface area contributed by atoms with Crippen LogP contribution in [0.15, 0.2) is 12.1 Å². The maximum atomic E-state index is 11.8. The number of rotatable bonds is 5. The van der Waals surface area contributed by atoms with Crippen molar-refractivity contribution in [2.45, 2.75) is 33.1 Å². The third-order valence-electron chi connectivity index (χ3n) is 2.38. The third kappa shape index (κ3) is 3.71. The molecule has 1 rings (SSSR count). The van der Waals surface area contributed by atoms with Gasteiger partial charge in [0.15, 0.2) is 0 Å². The van der Waals surface area contributed by atoms with Gasteiger partial charge in [0.1, 0.15) is 5.82 Å². The molecule has 0 fully saturated rings. The van der Waals surface area contributed by atoms with Crippen molar-refractivity contribution >= 4 is 11.7 Å². The molecule has 1 aromatic rings. The van der Waals surface area contributed by atoms with E-state index in [1.807, 2.05) is 20.8 Å². The second-order valence-electron chi connectivity index (χ2n) is 4.22. The summed E-state index contributed by atoms with van der Waals surface area (Å²) in [4.78, 5) is 16.1. The molecule has 5 heteroatoms. The van der Waals surface area contributed by atoms with Crippen molar-refractivity contribution in [3.05, 3.63) is 23.4 Å². The molecule has 1 heterocycles. The highest BCUT2D eigenvalue weighted by atomic mass is 16.1. The molecule has 0 aromatic carbocycles. The molecule has 0 unspecified atom stereocenters. The predicted molar refractivity (Wildman–Crippen MR) is 68.8 cm³/mol. The molecule has 0 saturated carbocycles. The summed E-state index contributed by atoms with van der Waals surface area (Å²) in [5.41, 5.74) is 3.92. The van der Waals surface area contributed by atoms with Crippen LogP contribution in [-0.4, -0.2) is 17.4 Å². The molecule has 0 aliphatic rings. The van der Waals surface area contributed by atoms with Crippen LogP contribution in [0.2, 0.25) is 0 Å². The Morgan fingerprint density at radius 1 is 1.47 bits per heavy atom. The van der Waals surface area contributed by atoms with Gasteiger partial charge in [-0.25, -0.2) is 10.8 Å². The molecule has 0 spiro atoms. The van der Waals surface area contributed by atoms with E-state index in [9.17, 15) is 4.79 Å². The van der Waals surface area contributed by atoms with E-state index in [2.05, 4.69) is 15.7 Å². The number of hydrazine groups is 1. The van der Waals surface area contributed by atoms with Crippen LogP contribution in [0.5, 0.6) is 0 Å². The normalized spacial score (nSPS) is 10.4. The zero-order valence-electron chi connectivity index (χ0n) is 10.6. The SMILES string of the molecule is CCCNC(=O)c1cc(NN)nc(C(C)C)c1. The third-order valence-corrected chi connectivity index (χ3v) is 2.38. The molecule has 1 aromatic heterocycles. The van der Waals surface area contributed by atoms with Gasteiger partial charge < -0.3 is 10.7 Å². The first kappa shape index (κ1) is 13.4. The average Bonchev–Trinajstić information content (AvgIpc) is 2.35. The Morgan fingerprint density at radius 3 is 2.71 bits per heavy atom. The Kier molecular flexibility index (Phi) is 4.90. The zero-order chi connectivity index (χ0) is 12.8. The smallest absolute Gasteiger partial charge is 0.251 e. The molecule has 0 aliphatic heterocycles. The van der Waals surface area contributed by atoms with Gasteiger partial charge in [0.25, 0.3) is 5.91 Å². The van der Waals surface area contributed by atoms with E-state index in [1.54, 1.807) is 12.1 Å². The number of aromatic nitrogens is 1. The number of anilines is 1. The molecule has 0 atom stereocenters. The number of amides is 1. The van der Waals surface area contributed by atoms with Crippen molar-refractivity contribution in [2.24, 2.45) is 5.84 Å². The summed E-state index contributed by atoms with van der Waals surface area (Å²) in [7, 11) is 0. The first-order valence-electron chi connectivity index (χ1n) is 5.85. The van der Waals surface area contributed by atoms with Gasteiger partial charge >= 0.3 is 0 Å². The number of carbonyl (C=O) groups excluding carboxylic acids is 1. The molecule has 17 heavy (non-hydrogen) atoms. The minimum atomic E-state index is -0.0901. The van der Waals surface area contributed by atoms with Gasteiger partial charge in [0.05, 0.1) is 0 Å². The second-order valence-corrected chi connectivity index (χ2v) is 4.22. The minimum absolute atomic E-state index is 0.0901.